The Morgan fingerprint density at radius 1 is 1.54 bits per heavy atom. The molecule has 1 fully saturated rings. The van der Waals surface area contributed by atoms with Crippen molar-refractivity contribution in [2.24, 2.45) is 5.73 Å². The smallest absolute Gasteiger partial charge is 0.221 e. The van der Waals surface area contributed by atoms with Gasteiger partial charge in [0.15, 0.2) is 0 Å². The van der Waals surface area contributed by atoms with Crippen LogP contribution in [0.15, 0.2) is 12.3 Å². The molecule has 1 aliphatic heterocycles. The van der Waals surface area contributed by atoms with Crippen LogP contribution in [-0.2, 0) is 0 Å². The van der Waals surface area contributed by atoms with Gasteiger partial charge in [0.05, 0.1) is 0 Å². The highest BCUT2D eigenvalue weighted by Crippen LogP contribution is 2.16. The van der Waals surface area contributed by atoms with Crippen molar-refractivity contribution in [3.63, 3.8) is 0 Å². The van der Waals surface area contributed by atoms with Gasteiger partial charge in [-0.05, 0) is 12.5 Å². The predicted molar refractivity (Wildman–Crippen MR) is 51.2 cm³/mol. The maximum absolute atomic E-state index is 5.78. The Balaban J connectivity index is 2.16. The number of aromatic nitrogens is 2. The molecule has 1 aromatic heterocycles. The second-order valence-electron chi connectivity index (χ2n) is 3.27. The number of nitrogen functional groups attached to an aromatic ring is 1. The van der Waals surface area contributed by atoms with Gasteiger partial charge in [0.1, 0.15) is 5.82 Å². The summed E-state index contributed by atoms with van der Waals surface area (Å²) in [5, 5.41) is 0. The van der Waals surface area contributed by atoms with Gasteiger partial charge in [0.25, 0.3) is 0 Å². The molecule has 1 unspecified atom stereocenters. The van der Waals surface area contributed by atoms with E-state index in [-0.39, 0.29) is 6.04 Å². The van der Waals surface area contributed by atoms with Gasteiger partial charge in [-0.1, -0.05) is 0 Å². The molecule has 1 aromatic rings. The van der Waals surface area contributed by atoms with Gasteiger partial charge >= 0.3 is 0 Å². The highest BCUT2D eigenvalue weighted by Gasteiger charge is 2.20. The van der Waals surface area contributed by atoms with E-state index in [2.05, 4.69) is 14.9 Å². The summed E-state index contributed by atoms with van der Waals surface area (Å²) in [6.07, 6.45) is 2.69. The summed E-state index contributed by atoms with van der Waals surface area (Å²) < 4.78 is 0. The molecular weight excluding hydrogens is 166 g/mol. The van der Waals surface area contributed by atoms with E-state index in [0.29, 0.717) is 5.95 Å². The Morgan fingerprint density at radius 3 is 3.00 bits per heavy atom. The Labute approximate surface area is 76.8 Å². The molecule has 70 valence electrons. The third kappa shape index (κ3) is 1.70. The first-order chi connectivity index (χ1) is 6.25. The van der Waals surface area contributed by atoms with Gasteiger partial charge in [0, 0.05) is 25.3 Å². The summed E-state index contributed by atoms with van der Waals surface area (Å²) in [7, 11) is 0. The minimum atomic E-state index is 0.260. The van der Waals surface area contributed by atoms with Crippen LogP contribution in [0.2, 0.25) is 0 Å². The number of rotatable bonds is 1. The summed E-state index contributed by atoms with van der Waals surface area (Å²) in [5.41, 5.74) is 11.3. The van der Waals surface area contributed by atoms with Gasteiger partial charge in [-0.15, -0.1) is 0 Å². The fourth-order valence-electron chi connectivity index (χ4n) is 1.54. The lowest BCUT2D eigenvalue weighted by molar-refractivity contribution is 0.751. The van der Waals surface area contributed by atoms with E-state index in [1.54, 1.807) is 6.20 Å². The molecule has 4 N–H and O–H groups in total. The van der Waals surface area contributed by atoms with Crippen molar-refractivity contribution in [2.75, 3.05) is 23.7 Å². The molecule has 0 aromatic carbocycles. The highest BCUT2D eigenvalue weighted by atomic mass is 15.2. The maximum atomic E-state index is 5.78. The topological polar surface area (TPSA) is 81.1 Å². The molecule has 0 bridgehead atoms. The van der Waals surface area contributed by atoms with Crippen LogP contribution < -0.4 is 16.4 Å². The minimum absolute atomic E-state index is 0.260. The van der Waals surface area contributed by atoms with E-state index in [9.17, 15) is 0 Å². The number of hydrogen-bond acceptors (Lipinski definition) is 5. The van der Waals surface area contributed by atoms with Gasteiger partial charge in [-0.25, -0.2) is 4.98 Å². The molecule has 1 atom stereocenters. The molecule has 2 heterocycles. The Kier molecular flexibility index (Phi) is 2.02. The maximum Gasteiger partial charge on any atom is 0.221 e. The zero-order chi connectivity index (χ0) is 9.26. The SMILES string of the molecule is Nc1nccc(N2CCC(N)C2)n1. The third-order valence-corrected chi connectivity index (χ3v) is 2.21. The van der Waals surface area contributed by atoms with Crippen molar-refractivity contribution in [3.8, 4) is 0 Å². The summed E-state index contributed by atoms with van der Waals surface area (Å²) >= 11 is 0. The van der Waals surface area contributed by atoms with Crippen molar-refractivity contribution in [1.82, 2.24) is 9.97 Å². The van der Waals surface area contributed by atoms with Crippen molar-refractivity contribution >= 4 is 11.8 Å². The van der Waals surface area contributed by atoms with Crippen molar-refractivity contribution in [2.45, 2.75) is 12.5 Å². The fourth-order valence-corrected chi connectivity index (χ4v) is 1.54. The van der Waals surface area contributed by atoms with Crippen molar-refractivity contribution < 1.29 is 0 Å². The van der Waals surface area contributed by atoms with E-state index < -0.39 is 0 Å². The third-order valence-electron chi connectivity index (χ3n) is 2.21. The van der Waals surface area contributed by atoms with E-state index in [0.717, 1.165) is 25.3 Å². The van der Waals surface area contributed by atoms with Gasteiger partial charge in [-0.2, -0.15) is 4.98 Å². The first-order valence-corrected chi connectivity index (χ1v) is 4.35. The van der Waals surface area contributed by atoms with Crippen LogP contribution in [0.4, 0.5) is 11.8 Å². The Morgan fingerprint density at radius 2 is 2.38 bits per heavy atom. The molecule has 0 spiro atoms. The zero-order valence-corrected chi connectivity index (χ0v) is 7.35. The molecule has 0 saturated carbocycles. The molecule has 0 aliphatic carbocycles. The molecule has 0 amide bonds. The Hall–Kier alpha value is -1.36. The molecule has 5 heteroatoms. The largest absolute Gasteiger partial charge is 0.368 e. The number of anilines is 2. The molecule has 1 saturated heterocycles. The van der Waals surface area contributed by atoms with Crippen LogP contribution in [0.1, 0.15) is 6.42 Å². The molecule has 2 rings (SSSR count). The van der Waals surface area contributed by atoms with Crippen LogP contribution in [0.5, 0.6) is 0 Å². The van der Waals surface area contributed by atoms with Crippen LogP contribution in [0, 0.1) is 0 Å². The Bertz CT molecular complexity index is 300. The van der Waals surface area contributed by atoms with Gasteiger partial charge < -0.3 is 16.4 Å². The van der Waals surface area contributed by atoms with Crippen LogP contribution in [0.25, 0.3) is 0 Å². The quantitative estimate of drug-likeness (QED) is 0.613. The van der Waals surface area contributed by atoms with E-state index >= 15 is 0 Å². The number of nitrogens with zero attached hydrogens (tertiary/aromatic N) is 3. The average molecular weight is 179 g/mol. The predicted octanol–water partition coefficient (Wildman–Crippen LogP) is -0.404. The first kappa shape index (κ1) is 8.25. The van der Waals surface area contributed by atoms with Crippen molar-refractivity contribution in [1.29, 1.82) is 0 Å². The molecular formula is C8H13N5. The number of nitrogens with two attached hydrogens (primary N) is 2. The van der Waals surface area contributed by atoms with E-state index in [1.165, 1.54) is 0 Å². The summed E-state index contributed by atoms with van der Waals surface area (Å²) in [5.74, 6) is 1.19. The average Bonchev–Trinajstić information content (AvgIpc) is 2.52. The fraction of sp³-hybridized carbons (Fsp3) is 0.500. The van der Waals surface area contributed by atoms with Gasteiger partial charge in [0.2, 0.25) is 5.95 Å². The monoisotopic (exact) mass is 179 g/mol. The van der Waals surface area contributed by atoms with Gasteiger partial charge in [-0.3, -0.25) is 0 Å². The summed E-state index contributed by atoms with van der Waals surface area (Å²) in [6.45, 7) is 1.81. The van der Waals surface area contributed by atoms with Crippen LogP contribution >= 0.6 is 0 Å². The number of hydrogen-bond donors (Lipinski definition) is 2. The minimum Gasteiger partial charge on any atom is -0.368 e. The second-order valence-corrected chi connectivity index (χ2v) is 3.27. The molecule has 5 nitrogen and oxygen atoms in total. The van der Waals surface area contributed by atoms with Crippen molar-refractivity contribution in [3.05, 3.63) is 12.3 Å². The lowest BCUT2D eigenvalue weighted by Gasteiger charge is -2.16. The van der Waals surface area contributed by atoms with E-state index in [1.807, 2.05) is 6.07 Å². The lowest BCUT2D eigenvalue weighted by Crippen LogP contribution is -2.27. The van der Waals surface area contributed by atoms with Crippen LogP contribution in [-0.4, -0.2) is 29.1 Å². The lowest BCUT2D eigenvalue weighted by atomic mass is 10.3. The first-order valence-electron chi connectivity index (χ1n) is 4.35. The second kappa shape index (κ2) is 3.18. The standard InChI is InChI=1S/C8H13N5/c9-6-2-4-13(5-6)7-1-3-11-8(10)12-7/h1,3,6H,2,4-5,9H2,(H2,10,11,12). The summed E-state index contributed by atoms with van der Waals surface area (Å²) in [4.78, 5) is 10.1. The molecule has 13 heavy (non-hydrogen) atoms. The zero-order valence-electron chi connectivity index (χ0n) is 7.35. The normalized spacial score (nSPS) is 22.2. The highest BCUT2D eigenvalue weighted by molar-refractivity contribution is 5.42. The van der Waals surface area contributed by atoms with E-state index in [4.69, 9.17) is 11.5 Å². The van der Waals surface area contributed by atoms with Crippen LogP contribution in [0.3, 0.4) is 0 Å². The molecule has 1 aliphatic rings. The summed E-state index contributed by atoms with van der Waals surface area (Å²) in [6, 6.07) is 2.12. The molecule has 0 radical (unpaired) electrons.